The topological polar surface area (TPSA) is 61.9 Å². The second kappa shape index (κ2) is 35.8. The Hall–Kier alpha value is -0.360. The summed E-state index contributed by atoms with van der Waals surface area (Å²) in [4.78, 5) is 9.74. The minimum Gasteiger partial charge on any atom is -0.383 e. The summed E-state index contributed by atoms with van der Waals surface area (Å²) in [6, 6.07) is 0. The van der Waals surface area contributed by atoms with Crippen molar-refractivity contribution in [1.82, 2.24) is 24.9 Å². The largest absolute Gasteiger partial charge is 0.383 e. The Kier molecular flexibility index (Phi) is 36.9. The Morgan fingerprint density at radius 1 is 0.630 bits per heavy atom. The maximum atomic E-state index is 5.32. The van der Waals surface area contributed by atoms with Gasteiger partial charge in [-0.25, -0.2) is 0 Å². The highest BCUT2D eigenvalue weighted by atomic mass is 16.5. The Balaban J connectivity index is 0. The molecule has 3 fully saturated rings. The van der Waals surface area contributed by atoms with Gasteiger partial charge in [-0.2, -0.15) is 0 Å². The summed E-state index contributed by atoms with van der Waals surface area (Å²) in [7, 11) is 5.80. The van der Waals surface area contributed by atoms with Crippen LogP contribution in [0.3, 0.4) is 0 Å². The molecule has 1 N–H and O–H groups in total. The third-order valence-electron chi connectivity index (χ3n) is 9.30. The molecule has 9 heteroatoms. The quantitative estimate of drug-likeness (QED) is 0.147. The number of nitrogens with zero attached hydrogens (tertiary/aromatic N) is 4. The van der Waals surface area contributed by atoms with Crippen molar-refractivity contribution < 1.29 is 18.9 Å². The third-order valence-corrected chi connectivity index (χ3v) is 9.30. The average molecular weight is 774 g/mol. The van der Waals surface area contributed by atoms with Gasteiger partial charge in [0.2, 0.25) is 0 Å². The maximum Gasteiger partial charge on any atom is 0.0596 e. The molecule has 0 unspecified atom stereocenters. The second-order valence-corrected chi connectivity index (χ2v) is 19.1. The number of rotatable bonds is 17. The van der Waals surface area contributed by atoms with Crippen LogP contribution in [0.15, 0.2) is 0 Å². The van der Waals surface area contributed by atoms with E-state index in [0.717, 1.165) is 90.7 Å². The van der Waals surface area contributed by atoms with E-state index < -0.39 is 0 Å². The van der Waals surface area contributed by atoms with E-state index in [1.54, 1.807) is 7.11 Å². The van der Waals surface area contributed by atoms with Crippen LogP contribution in [-0.4, -0.2) is 164 Å². The molecule has 0 aliphatic carbocycles. The number of unbranched alkanes of at least 4 members (excludes halogenated alkanes) is 1. The Bertz CT molecular complexity index is 718. The van der Waals surface area contributed by atoms with Gasteiger partial charge in [-0.1, -0.05) is 61.3 Å². The zero-order valence-corrected chi connectivity index (χ0v) is 39.3. The average Bonchev–Trinajstić information content (AvgIpc) is 3.10. The van der Waals surface area contributed by atoms with Gasteiger partial charge in [0.1, 0.15) is 0 Å². The molecule has 0 aromatic heterocycles. The van der Waals surface area contributed by atoms with Crippen molar-refractivity contribution in [3.63, 3.8) is 0 Å². The summed E-state index contributed by atoms with van der Waals surface area (Å²) in [5, 5.41) is 3.30. The number of likely N-dealkylation sites (N-methyl/N-ethyl adjacent to an activating group) is 1. The molecule has 0 aromatic rings. The molecular weight excluding hydrogens is 675 g/mol. The third kappa shape index (κ3) is 46.0. The van der Waals surface area contributed by atoms with Gasteiger partial charge in [0.25, 0.3) is 0 Å². The van der Waals surface area contributed by atoms with Crippen LogP contribution < -0.4 is 5.32 Å². The molecular formula is C45H99N5O4. The van der Waals surface area contributed by atoms with Crippen LogP contribution in [0.4, 0.5) is 0 Å². The smallest absolute Gasteiger partial charge is 0.0596 e. The molecule has 0 aromatic carbocycles. The van der Waals surface area contributed by atoms with Gasteiger partial charge in [0.05, 0.1) is 45.7 Å². The lowest BCUT2D eigenvalue weighted by Crippen LogP contribution is -2.37. The van der Waals surface area contributed by atoms with Gasteiger partial charge >= 0.3 is 0 Å². The predicted molar refractivity (Wildman–Crippen MR) is 236 cm³/mol. The van der Waals surface area contributed by atoms with Crippen molar-refractivity contribution in [1.29, 1.82) is 0 Å². The van der Waals surface area contributed by atoms with Crippen molar-refractivity contribution in [2.75, 3.05) is 133 Å². The standard InChI is InChI=1S/C12H25NO.C10H21N.C9H19NO.2C7H17NO/c1-12(2,3)6-4-5-7-13-8-10-14-11-9-13;1-10(2)6-9-11-7-4-3-5-8-11;1-9(2)3-4-10-5-7-11-8-6-10;1-7(2)9-6-5-8(3)4;1-7(2,3)8-5-6-9-4/h4-11H2,1-3H3;10H,3-9H2,1-2H3;9H,3-8H2,1-2H3;7H,5-6H2,1-4H3;8H,5-6H2,1-4H3. The number of piperidine rings is 1. The lowest BCUT2D eigenvalue weighted by Gasteiger charge is -2.27. The van der Waals surface area contributed by atoms with E-state index in [0.29, 0.717) is 11.5 Å². The van der Waals surface area contributed by atoms with Crippen molar-refractivity contribution in [3.05, 3.63) is 0 Å². The van der Waals surface area contributed by atoms with Gasteiger partial charge in [0, 0.05) is 51.9 Å². The van der Waals surface area contributed by atoms with Gasteiger partial charge in [-0.05, 0) is 137 Å². The Morgan fingerprint density at radius 3 is 1.48 bits per heavy atom. The molecule has 54 heavy (non-hydrogen) atoms. The second-order valence-electron chi connectivity index (χ2n) is 19.1. The highest BCUT2D eigenvalue weighted by molar-refractivity contribution is 4.69. The Labute approximate surface area is 339 Å². The predicted octanol–water partition coefficient (Wildman–Crippen LogP) is 8.41. The summed E-state index contributed by atoms with van der Waals surface area (Å²) in [6.45, 7) is 45.0. The SMILES string of the molecule is CC(C)(C)CCCCN1CCOCC1.CC(C)CCN1CCCCC1.CC(C)CCN1CCOCC1.CC(C)OCCN(C)C.COCCNC(C)(C)C. The molecule has 3 aliphatic heterocycles. The first kappa shape index (κ1) is 55.7. The van der Waals surface area contributed by atoms with E-state index in [9.17, 15) is 0 Å². The maximum absolute atomic E-state index is 5.32. The van der Waals surface area contributed by atoms with Crippen LogP contribution in [0.1, 0.15) is 134 Å². The fourth-order valence-corrected chi connectivity index (χ4v) is 5.70. The van der Waals surface area contributed by atoms with Gasteiger partial charge in [-0.3, -0.25) is 9.80 Å². The molecule has 0 amide bonds. The van der Waals surface area contributed by atoms with Crippen LogP contribution >= 0.6 is 0 Å². The van der Waals surface area contributed by atoms with Gasteiger partial charge in [-0.15, -0.1) is 0 Å². The summed E-state index contributed by atoms with van der Waals surface area (Å²) < 4.78 is 20.8. The monoisotopic (exact) mass is 774 g/mol. The van der Waals surface area contributed by atoms with Crippen LogP contribution in [0, 0.1) is 17.3 Å². The molecule has 0 saturated carbocycles. The first-order chi connectivity index (χ1) is 25.3. The molecule has 0 spiro atoms. The number of likely N-dealkylation sites (tertiary alicyclic amines) is 1. The van der Waals surface area contributed by atoms with E-state index >= 15 is 0 Å². The number of methoxy groups -OCH3 is 1. The van der Waals surface area contributed by atoms with Gasteiger partial charge in [0.15, 0.2) is 0 Å². The molecule has 3 aliphatic rings. The fourth-order valence-electron chi connectivity index (χ4n) is 5.70. The molecule has 0 bridgehead atoms. The summed E-state index contributed by atoms with van der Waals surface area (Å²) in [6.07, 6.45) is 11.4. The highest BCUT2D eigenvalue weighted by Crippen LogP contribution is 2.21. The first-order valence-corrected chi connectivity index (χ1v) is 22.2. The molecule has 0 radical (unpaired) electrons. The van der Waals surface area contributed by atoms with E-state index in [2.05, 4.69) is 108 Å². The molecule has 3 saturated heterocycles. The lowest BCUT2D eigenvalue weighted by atomic mass is 9.90. The van der Waals surface area contributed by atoms with Crippen LogP contribution in [-0.2, 0) is 18.9 Å². The number of morpholine rings is 2. The van der Waals surface area contributed by atoms with E-state index in [1.165, 1.54) is 84.1 Å². The first-order valence-electron chi connectivity index (χ1n) is 22.2. The van der Waals surface area contributed by atoms with Gasteiger partial charge < -0.3 is 34.1 Å². The zero-order valence-electron chi connectivity index (χ0n) is 39.3. The van der Waals surface area contributed by atoms with Crippen LogP contribution in [0.2, 0.25) is 0 Å². The van der Waals surface area contributed by atoms with Crippen LogP contribution in [0.5, 0.6) is 0 Å². The zero-order chi connectivity index (χ0) is 41.3. The molecule has 0 atom stereocenters. The van der Waals surface area contributed by atoms with E-state index in [-0.39, 0.29) is 5.54 Å². The molecule has 3 rings (SSSR count). The summed E-state index contributed by atoms with van der Waals surface area (Å²) >= 11 is 0. The molecule has 3 heterocycles. The minimum atomic E-state index is 0.221. The minimum absolute atomic E-state index is 0.221. The van der Waals surface area contributed by atoms with Crippen molar-refractivity contribution in [2.45, 2.75) is 146 Å². The number of hydrogen-bond donors (Lipinski definition) is 1. The van der Waals surface area contributed by atoms with Crippen molar-refractivity contribution in [2.24, 2.45) is 17.3 Å². The van der Waals surface area contributed by atoms with Crippen LogP contribution in [0.25, 0.3) is 0 Å². The highest BCUT2D eigenvalue weighted by Gasteiger charge is 2.13. The van der Waals surface area contributed by atoms with E-state index in [1.807, 2.05) is 14.1 Å². The Morgan fingerprint density at radius 2 is 1.09 bits per heavy atom. The van der Waals surface area contributed by atoms with Crippen molar-refractivity contribution in [3.8, 4) is 0 Å². The van der Waals surface area contributed by atoms with Crippen molar-refractivity contribution >= 4 is 0 Å². The molecule has 328 valence electrons. The molecule has 9 nitrogen and oxygen atoms in total. The lowest BCUT2D eigenvalue weighted by molar-refractivity contribution is 0.0360. The number of hydrogen-bond acceptors (Lipinski definition) is 9. The number of ether oxygens (including phenoxy) is 4. The fraction of sp³-hybridized carbons (Fsp3) is 1.00. The summed E-state index contributed by atoms with van der Waals surface area (Å²) in [5.74, 6) is 1.70. The normalized spacial score (nSPS) is 17.6. The van der Waals surface area contributed by atoms with E-state index in [4.69, 9.17) is 18.9 Å². The number of nitrogens with one attached hydrogen (secondary N) is 1. The summed E-state index contributed by atoms with van der Waals surface area (Å²) in [5.41, 5.74) is 0.726.